The first-order chi connectivity index (χ1) is 8.29. The minimum Gasteiger partial charge on any atom is -0.298 e. The average molecular weight is 270 g/mol. The van der Waals surface area contributed by atoms with E-state index in [0.29, 0.717) is 13.1 Å². The van der Waals surface area contributed by atoms with Crippen molar-refractivity contribution in [1.82, 2.24) is 9.62 Å². The van der Waals surface area contributed by atoms with Gasteiger partial charge in [-0.15, -0.1) is 0 Å². The topological polar surface area (TPSA) is 49.4 Å². The standard InChI is InChI=1S/C13H22N2O2S/c1-11-6-5-7-13(10-11)12(2)15(3)9-8-14-18(4,16)17/h5-7,10,12,14H,8-9H2,1-4H3. The number of hydrogen-bond donors (Lipinski definition) is 1. The van der Waals surface area contributed by atoms with Crippen LogP contribution in [0.5, 0.6) is 0 Å². The van der Waals surface area contributed by atoms with Crippen LogP contribution in [0.25, 0.3) is 0 Å². The van der Waals surface area contributed by atoms with Crippen molar-refractivity contribution in [3.8, 4) is 0 Å². The van der Waals surface area contributed by atoms with Crippen molar-refractivity contribution in [2.75, 3.05) is 26.4 Å². The quantitative estimate of drug-likeness (QED) is 0.853. The monoisotopic (exact) mass is 270 g/mol. The van der Waals surface area contributed by atoms with Crippen molar-refractivity contribution in [3.63, 3.8) is 0 Å². The lowest BCUT2D eigenvalue weighted by molar-refractivity contribution is 0.266. The van der Waals surface area contributed by atoms with Gasteiger partial charge in [-0.05, 0) is 26.5 Å². The van der Waals surface area contributed by atoms with Crippen molar-refractivity contribution in [3.05, 3.63) is 35.4 Å². The summed E-state index contributed by atoms with van der Waals surface area (Å²) in [7, 11) is -1.10. The predicted molar refractivity (Wildman–Crippen MR) is 75.1 cm³/mol. The van der Waals surface area contributed by atoms with Crippen molar-refractivity contribution in [2.45, 2.75) is 19.9 Å². The molecule has 0 amide bonds. The van der Waals surface area contributed by atoms with E-state index in [0.717, 1.165) is 0 Å². The highest BCUT2D eigenvalue weighted by Gasteiger charge is 2.11. The number of benzene rings is 1. The zero-order valence-corrected chi connectivity index (χ0v) is 12.3. The summed E-state index contributed by atoms with van der Waals surface area (Å²) in [6.45, 7) is 5.31. The fourth-order valence-corrected chi connectivity index (χ4v) is 2.25. The maximum Gasteiger partial charge on any atom is 0.208 e. The summed E-state index contributed by atoms with van der Waals surface area (Å²) in [5, 5.41) is 0. The minimum atomic E-state index is -3.09. The molecule has 0 aliphatic heterocycles. The SMILES string of the molecule is Cc1cccc(C(C)N(C)CCNS(C)(=O)=O)c1. The lowest BCUT2D eigenvalue weighted by Gasteiger charge is -2.25. The van der Waals surface area contributed by atoms with E-state index in [-0.39, 0.29) is 6.04 Å². The van der Waals surface area contributed by atoms with E-state index in [1.807, 2.05) is 13.1 Å². The van der Waals surface area contributed by atoms with Crippen LogP contribution >= 0.6 is 0 Å². The second-order valence-electron chi connectivity index (χ2n) is 4.74. The molecule has 0 saturated heterocycles. The Morgan fingerprint density at radius 3 is 2.61 bits per heavy atom. The van der Waals surface area contributed by atoms with Crippen molar-refractivity contribution in [2.24, 2.45) is 0 Å². The van der Waals surface area contributed by atoms with Crippen LogP contribution < -0.4 is 4.72 Å². The van der Waals surface area contributed by atoms with Crippen LogP contribution in [0.3, 0.4) is 0 Å². The zero-order chi connectivity index (χ0) is 13.8. The van der Waals surface area contributed by atoms with E-state index in [1.54, 1.807) is 0 Å². The Morgan fingerprint density at radius 1 is 1.39 bits per heavy atom. The normalized spacial score (nSPS) is 13.8. The molecule has 1 unspecified atom stereocenters. The molecule has 0 spiro atoms. The Labute approximate surface area is 110 Å². The van der Waals surface area contributed by atoms with Gasteiger partial charge >= 0.3 is 0 Å². The highest BCUT2D eigenvalue weighted by molar-refractivity contribution is 7.88. The van der Waals surface area contributed by atoms with Gasteiger partial charge in [-0.2, -0.15) is 0 Å². The van der Waals surface area contributed by atoms with E-state index < -0.39 is 10.0 Å². The first-order valence-corrected chi connectivity index (χ1v) is 7.90. The van der Waals surface area contributed by atoms with E-state index in [1.165, 1.54) is 17.4 Å². The van der Waals surface area contributed by atoms with Gasteiger partial charge in [0.2, 0.25) is 10.0 Å². The number of aryl methyl sites for hydroxylation is 1. The van der Waals surface area contributed by atoms with Crippen LogP contribution in [0.2, 0.25) is 0 Å². The molecule has 0 radical (unpaired) electrons. The third-order valence-electron chi connectivity index (χ3n) is 3.01. The van der Waals surface area contributed by atoms with Gasteiger partial charge in [0.1, 0.15) is 0 Å². The molecule has 0 aliphatic carbocycles. The third-order valence-corrected chi connectivity index (χ3v) is 3.74. The molecule has 4 nitrogen and oxygen atoms in total. The maximum absolute atomic E-state index is 11.0. The van der Waals surface area contributed by atoms with Gasteiger partial charge in [0, 0.05) is 19.1 Å². The van der Waals surface area contributed by atoms with E-state index in [2.05, 4.69) is 41.7 Å². The van der Waals surface area contributed by atoms with Gasteiger partial charge in [-0.25, -0.2) is 13.1 Å². The summed E-state index contributed by atoms with van der Waals surface area (Å²) in [4.78, 5) is 2.13. The molecule has 0 saturated carbocycles. The van der Waals surface area contributed by atoms with Crippen LogP contribution in [0.1, 0.15) is 24.1 Å². The lowest BCUT2D eigenvalue weighted by Crippen LogP contribution is -2.33. The Bertz CT molecular complexity index is 486. The molecule has 1 aromatic carbocycles. The number of sulfonamides is 1. The van der Waals surface area contributed by atoms with E-state index >= 15 is 0 Å². The molecule has 1 N–H and O–H groups in total. The Morgan fingerprint density at radius 2 is 2.06 bits per heavy atom. The summed E-state index contributed by atoms with van der Waals surface area (Å²) < 4.78 is 24.4. The molecule has 18 heavy (non-hydrogen) atoms. The van der Waals surface area contributed by atoms with Crippen molar-refractivity contribution < 1.29 is 8.42 Å². The molecule has 0 bridgehead atoms. The van der Waals surface area contributed by atoms with Crippen LogP contribution in [-0.2, 0) is 10.0 Å². The summed E-state index contributed by atoms with van der Waals surface area (Å²) in [6.07, 6.45) is 1.18. The second kappa shape index (κ2) is 6.31. The van der Waals surface area contributed by atoms with Crippen molar-refractivity contribution in [1.29, 1.82) is 0 Å². The third kappa shape index (κ3) is 5.16. The van der Waals surface area contributed by atoms with E-state index in [4.69, 9.17) is 0 Å². The molecular formula is C13H22N2O2S. The summed E-state index contributed by atoms with van der Waals surface area (Å²) in [6, 6.07) is 8.64. The number of nitrogens with one attached hydrogen (secondary N) is 1. The molecule has 1 aromatic rings. The Kier molecular flexibility index (Phi) is 5.31. The molecule has 102 valence electrons. The van der Waals surface area contributed by atoms with Crippen LogP contribution in [-0.4, -0.2) is 39.7 Å². The molecule has 0 aromatic heterocycles. The molecule has 5 heteroatoms. The molecule has 1 rings (SSSR count). The highest BCUT2D eigenvalue weighted by Crippen LogP contribution is 2.18. The predicted octanol–water partition coefficient (Wildman–Crippen LogP) is 1.54. The minimum absolute atomic E-state index is 0.270. The van der Waals surface area contributed by atoms with Gasteiger partial charge < -0.3 is 0 Å². The van der Waals surface area contributed by atoms with Crippen LogP contribution in [0, 0.1) is 6.92 Å². The summed E-state index contributed by atoms with van der Waals surface area (Å²) in [5.74, 6) is 0. The molecule has 0 heterocycles. The van der Waals surface area contributed by atoms with Gasteiger partial charge in [-0.3, -0.25) is 4.90 Å². The maximum atomic E-state index is 11.0. The number of hydrogen-bond acceptors (Lipinski definition) is 3. The average Bonchev–Trinajstić information content (AvgIpc) is 2.26. The number of likely N-dealkylation sites (N-methyl/N-ethyl adjacent to an activating group) is 1. The molecular weight excluding hydrogens is 248 g/mol. The zero-order valence-electron chi connectivity index (χ0n) is 11.5. The smallest absolute Gasteiger partial charge is 0.208 e. The lowest BCUT2D eigenvalue weighted by atomic mass is 10.1. The van der Waals surface area contributed by atoms with Crippen LogP contribution in [0.15, 0.2) is 24.3 Å². The Hall–Kier alpha value is -0.910. The molecule has 0 aliphatic rings. The number of rotatable bonds is 6. The van der Waals surface area contributed by atoms with Gasteiger partial charge in [0.25, 0.3) is 0 Å². The summed E-state index contributed by atoms with van der Waals surface area (Å²) in [5.41, 5.74) is 2.49. The van der Waals surface area contributed by atoms with Gasteiger partial charge in [-0.1, -0.05) is 29.8 Å². The largest absolute Gasteiger partial charge is 0.298 e. The fourth-order valence-electron chi connectivity index (χ4n) is 1.79. The fraction of sp³-hybridized carbons (Fsp3) is 0.538. The highest BCUT2D eigenvalue weighted by atomic mass is 32.2. The van der Waals surface area contributed by atoms with Gasteiger partial charge in [0.15, 0.2) is 0 Å². The van der Waals surface area contributed by atoms with Gasteiger partial charge in [0.05, 0.1) is 6.26 Å². The van der Waals surface area contributed by atoms with E-state index in [9.17, 15) is 8.42 Å². The Balaban J connectivity index is 2.54. The molecule has 0 fully saturated rings. The first kappa shape index (κ1) is 15.1. The van der Waals surface area contributed by atoms with Crippen LogP contribution in [0.4, 0.5) is 0 Å². The van der Waals surface area contributed by atoms with Crippen molar-refractivity contribution >= 4 is 10.0 Å². The number of nitrogens with zero attached hydrogens (tertiary/aromatic N) is 1. The molecule has 1 atom stereocenters. The second-order valence-corrected chi connectivity index (χ2v) is 6.57. The first-order valence-electron chi connectivity index (χ1n) is 6.01. The summed E-state index contributed by atoms with van der Waals surface area (Å²) >= 11 is 0.